The van der Waals surface area contributed by atoms with E-state index in [0.717, 1.165) is 43.6 Å². The minimum atomic E-state index is -3.29. The van der Waals surface area contributed by atoms with E-state index in [9.17, 15) is 8.42 Å². The van der Waals surface area contributed by atoms with E-state index in [2.05, 4.69) is 29.7 Å². The third-order valence-corrected chi connectivity index (χ3v) is 8.73. The van der Waals surface area contributed by atoms with E-state index in [1.165, 1.54) is 5.56 Å². The molecule has 5 nitrogen and oxygen atoms in total. The molecule has 2 N–H and O–H groups in total. The Labute approximate surface area is 186 Å². The lowest BCUT2D eigenvalue weighted by atomic mass is 9.85. The first kappa shape index (κ1) is 22.3. The van der Waals surface area contributed by atoms with Gasteiger partial charge in [-0.2, -0.15) is 0 Å². The maximum Gasteiger partial charge on any atom is 0.178 e. The summed E-state index contributed by atoms with van der Waals surface area (Å²) in [5, 5.41) is 7.00. The third-order valence-electron chi connectivity index (χ3n) is 6.98. The normalized spacial score (nSPS) is 20.1. The van der Waals surface area contributed by atoms with E-state index in [0.29, 0.717) is 29.9 Å². The van der Waals surface area contributed by atoms with Crippen LogP contribution in [0.2, 0.25) is 0 Å². The highest BCUT2D eigenvalue weighted by Gasteiger charge is 2.40. The number of anilines is 1. The second kappa shape index (κ2) is 9.31. The molecule has 2 heterocycles. The first-order valence-corrected chi connectivity index (χ1v) is 13.0. The van der Waals surface area contributed by atoms with Crippen molar-refractivity contribution in [3.05, 3.63) is 59.7 Å². The molecule has 0 aliphatic carbocycles. The Bertz CT molecular complexity index is 981. The molecule has 0 saturated carbocycles. The van der Waals surface area contributed by atoms with Crippen LogP contribution in [-0.2, 0) is 20.1 Å². The second-order valence-corrected chi connectivity index (χ2v) is 11.3. The van der Waals surface area contributed by atoms with Crippen LogP contribution in [0.3, 0.4) is 0 Å². The minimum absolute atomic E-state index is 0.214. The van der Waals surface area contributed by atoms with Crippen molar-refractivity contribution in [2.45, 2.75) is 43.5 Å². The SMILES string of the molecule is Cc1cc(S(=O)(=O)CC[C@H](C)C2CCNCC2)ccc1NC1(c2ccccc2)COC1. The van der Waals surface area contributed by atoms with Crippen molar-refractivity contribution < 1.29 is 13.2 Å². The molecule has 0 bridgehead atoms. The fraction of sp³-hybridized carbons (Fsp3) is 0.520. The van der Waals surface area contributed by atoms with Crippen LogP contribution in [0.4, 0.5) is 5.69 Å². The Kier molecular flexibility index (Phi) is 6.70. The van der Waals surface area contributed by atoms with Gasteiger partial charge in [0, 0.05) is 5.69 Å². The molecule has 2 aromatic carbocycles. The van der Waals surface area contributed by atoms with Crippen LogP contribution >= 0.6 is 0 Å². The standard InChI is InChI=1S/C25H34N2O3S/c1-19(21-10-13-26-14-11-21)12-15-31(28,29)23-8-9-24(20(2)16-23)27-25(17-30-18-25)22-6-4-3-5-7-22/h3-9,16,19,21,26-27H,10-15,17-18H2,1-2H3/t19-/m0/s1. The molecule has 1 atom stereocenters. The van der Waals surface area contributed by atoms with Crippen LogP contribution in [0.25, 0.3) is 0 Å². The molecular weight excluding hydrogens is 408 g/mol. The number of sulfone groups is 1. The van der Waals surface area contributed by atoms with Crippen LogP contribution in [0, 0.1) is 18.8 Å². The van der Waals surface area contributed by atoms with E-state index >= 15 is 0 Å². The molecular formula is C25H34N2O3S. The number of piperidine rings is 1. The molecule has 4 rings (SSSR count). The molecule has 168 valence electrons. The van der Waals surface area contributed by atoms with Gasteiger partial charge < -0.3 is 15.4 Å². The summed E-state index contributed by atoms with van der Waals surface area (Å²) in [7, 11) is -3.29. The summed E-state index contributed by atoms with van der Waals surface area (Å²) in [6.45, 7) is 7.47. The first-order valence-electron chi connectivity index (χ1n) is 11.4. The van der Waals surface area contributed by atoms with Crippen LogP contribution in [-0.4, -0.2) is 40.5 Å². The van der Waals surface area contributed by atoms with E-state index in [1.807, 2.05) is 37.3 Å². The molecule has 2 aliphatic heterocycles. The van der Waals surface area contributed by atoms with Crippen LogP contribution in [0.15, 0.2) is 53.4 Å². The molecule has 2 aliphatic rings. The quantitative estimate of drug-likeness (QED) is 0.643. The third kappa shape index (κ3) is 4.97. The average Bonchev–Trinajstić information content (AvgIpc) is 2.76. The molecule has 6 heteroatoms. The molecule has 0 unspecified atom stereocenters. The van der Waals surface area contributed by atoms with Crippen molar-refractivity contribution >= 4 is 15.5 Å². The van der Waals surface area contributed by atoms with Gasteiger partial charge in [-0.15, -0.1) is 0 Å². The van der Waals surface area contributed by atoms with Gasteiger partial charge in [0.25, 0.3) is 0 Å². The predicted octanol–water partition coefficient (Wildman–Crippen LogP) is 4.13. The molecule has 0 radical (unpaired) electrons. The Morgan fingerprint density at radius 2 is 1.84 bits per heavy atom. The zero-order chi connectivity index (χ0) is 21.9. The monoisotopic (exact) mass is 442 g/mol. The number of hydrogen-bond donors (Lipinski definition) is 2. The predicted molar refractivity (Wildman–Crippen MR) is 125 cm³/mol. The smallest absolute Gasteiger partial charge is 0.178 e. The fourth-order valence-corrected chi connectivity index (χ4v) is 6.26. The summed E-state index contributed by atoms with van der Waals surface area (Å²) in [5.41, 5.74) is 2.82. The minimum Gasteiger partial charge on any atom is -0.376 e. The van der Waals surface area contributed by atoms with Crippen LogP contribution < -0.4 is 10.6 Å². The Morgan fingerprint density at radius 1 is 1.13 bits per heavy atom. The summed E-state index contributed by atoms with van der Waals surface area (Å²) in [6, 6.07) is 15.7. The lowest BCUT2D eigenvalue weighted by Gasteiger charge is -2.43. The van der Waals surface area contributed by atoms with Gasteiger partial charge in [0.1, 0.15) is 5.54 Å². The van der Waals surface area contributed by atoms with E-state index in [4.69, 9.17) is 4.74 Å². The summed E-state index contributed by atoms with van der Waals surface area (Å²) in [4.78, 5) is 0.423. The fourth-order valence-electron chi connectivity index (χ4n) is 4.71. The van der Waals surface area contributed by atoms with Crippen molar-refractivity contribution in [1.29, 1.82) is 0 Å². The molecule has 2 fully saturated rings. The highest BCUT2D eigenvalue weighted by Crippen LogP contribution is 2.35. The van der Waals surface area contributed by atoms with Crippen molar-refractivity contribution in [3.8, 4) is 0 Å². The average molecular weight is 443 g/mol. The number of rotatable bonds is 8. The maximum absolute atomic E-state index is 13.0. The van der Waals surface area contributed by atoms with Gasteiger partial charge in [-0.25, -0.2) is 8.42 Å². The number of nitrogens with one attached hydrogen (secondary N) is 2. The highest BCUT2D eigenvalue weighted by atomic mass is 32.2. The van der Waals surface area contributed by atoms with Crippen LogP contribution in [0.1, 0.15) is 37.3 Å². The van der Waals surface area contributed by atoms with Gasteiger partial charge in [-0.3, -0.25) is 0 Å². The van der Waals surface area contributed by atoms with Gasteiger partial charge in [-0.1, -0.05) is 37.3 Å². The topological polar surface area (TPSA) is 67.4 Å². The van der Waals surface area contributed by atoms with E-state index in [-0.39, 0.29) is 11.3 Å². The van der Waals surface area contributed by atoms with Crippen molar-refractivity contribution in [1.82, 2.24) is 5.32 Å². The van der Waals surface area contributed by atoms with Gasteiger partial charge in [-0.05, 0) is 80.4 Å². The zero-order valence-corrected chi connectivity index (χ0v) is 19.4. The first-order chi connectivity index (χ1) is 14.9. The molecule has 2 aromatic rings. The second-order valence-electron chi connectivity index (χ2n) is 9.21. The number of hydrogen-bond acceptors (Lipinski definition) is 5. The Hall–Kier alpha value is -1.89. The van der Waals surface area contributed by atoms with Gasteiger partial charge in [0.05, 0.1) is 23.9 Å². The van der Waals surface area contributed by atoms with Gasteiger partial charge in [0.2, 0.25) is 0 Å². The summed E-state index contributed by atoms with van der Waals surface area (Å²) >= 11 is 0. The number of benzene rings is 2. The summed E-state index contributed by atoms with van der Waals surface area (Å²) < 4.78 is 31.5. The number of ether oxygens (including phenoxy) is 1. The van der Waals surface area contributed by atoms with Crippen molar-refractivity contribution in [2.24, 2.45) is 11.8 Å². The number of aryl methyl sites for hydroxylation is 1. The van der Waals surface area contributed by atoms with Crippen molar-refractivity contribution in [3.63, 3.8) is 0 Å². The van der Waals surface area contributed by atoms with Crippen LogP contribution in [0.5, 0.6) is 0 Å². The van der Waals surface area contributed by atoms with Gasteiger partial charge >= 0.3 is 0 Å². The summed E-state index contributed by atoms with van der Waals surface area (Å²) in [6.07, 6.45) is 3.02. The molecule has 31 heavy (non-hydrogen) atoms. The molecule has 0 spiro atoms. The lowest BCUT2D eigenvalue weighted by Crippen LogP contribution is -2.53. The Morgan fingerprint density at radius 3 is 2.45 bits per heavy atom. The highest BCUT2D eigenvalue weighted by molar-refractivity contribution is 7.91. The molecule has 0 amide bonds. The van der Waals surface area contributed by atoms with E-state index in [1.54, 1.807) is 6.07 Å². The molecule has 0 aromatic heterocycles. The van der Waals surface area contributed by atoms with Gasteiger partial charge in [0.15, 0.2) is 9.84 Å². The summed E-state index contributed by atoms with van der Waals surface area (Å²) in [5.74, 6) is 1.28. The Balaban J connectivity index is 1.44. The largest absolute Gasteiger partial charge is 0.376 e. The lowest BCUT2D eigenvalue weighted by molar-refractivity contribution is -0.0447. The van der Waals surface area contributed by atoms with Crippen molar-refractivity contribution in [2.75, 3.05) is 37.4 Å². The zero-order valence-electron chi connectivity index (χ0n) is 18.6. The van der Waals surface area contributed by atoms with E-state index < -0.39 is 9.84 Å². The maximum atomic E-state index is 13.0. The molecule has 2 saturated heterocycles.